The molecule has 1 aliphatic rings. The first-order valence-corrected chi connectivity index (χ1v) is 8.46. The second-order valence-electron chi connectivity index (χ2n) is 5.94. The zero-order valence-corrected chi connectivity index (χ0v) is 16.6. The summed E-state index contributed by atoms with van der Waals surface area (Å²) in [5, 5.41) is 6.14. The van der Waals surface area contributed by atoms with Crippen molar-refractivity contribution in [3.05, 3.63) is 23.8 Å². The van der Waals surface area contributed by atoms with E-state index in [1.165, 1.54) is 14.2 Å². The molecular formula is C18H27ClN2O6. The number of rotatable bonds is 8. The summed E-state index contributed by atoms with van der Waals surface area (Å²) in [6.07, 6.45) is 0.289. The van der Waals surface area contributed by atoms with Gasteiger partial charge in [-0.1, -0.05) is 6.07 Å². The van der Waals surface area contributed by atoms with Crippen molar-refractivity contribution < 1.29 is 28.5 Å². The van der Waals surface area contributed by atoms with Crippen LogP contribution in [0.5, 0.6) is 11.5 Å². The van der Waals surface area contributed by atoms with Crippen molar-refractivity contribution in [2.45, 2.75) is 24.9 Å². The minimum absolute atomic E-state index is 0. The fourth-order valence-electron chi connectivity index (χ4n) is 2.80. The summed E-state index contributed by atoms with van der Waals surface area (Å²) in [5.41, 5.74) is 0.731. The summed E-state index contributed by atoms with van der Waals surface area (Å²) in [5.74, 6) is 0.514. The standard InChI is InChI=1S/C18H26N2O6.ClH/c1-23-15-5-4-12(8-16(15)24-2)14(10-18(22)25-3)20-17(21)9-13-11-26-7-6-19-13;/h4-5,8,13-14,19H,6-7,9-11H2,1-3H3,(H,20,21);1H. The number of carbonyl (C=O) groups excluding carboxylic acids is 2. The van der Waals surface area contributed by atoms with Crippen molar-refractivity contribution in [2.24, 2.45) is 0 Å². The van der Waals surface area contributed by atoms with Gasteiger partial charge in [0.1, 0.15) is 0 Å². The van der Waals surface area contributed by atoms with Gasteiger partial charge in [-0.15, -0.1) is 12.4 Å². The molecule has 1 heterocycles. The molecule has 2 N–H and O–H groups in total. The summed E-state index contributed by atoms with van der Waals surface area (Å²) in [4.78, 5) is 24.2. The number of hydrogen-bond donors (Lipinski definition) is 2. The van der Waals surface area contributed by atoms with Crippen LogP contribution in [-0.2, 0) is 19.1 Å². The van der Waals surface area contributed by atoms with Crippen LogP contribution < -0.4 is 20.1 Å². The van der Waals surface area contributed by atoms with Crippen LogP contribution in [0.15, 0.2) is 18.2 Å². The van der Waals surface area contributed by atoms with Crippen LogP contribution in [0, 0.1) is 0 Å². The number of nitrogens with one attached hydrogen (secondary N) is 2. The Labute approximate surface area is 165 Å². The predicted octanol–water partition coefficient (Wildman–Crippen LogP) is 1.22. The average Bonchev–Trinajstić information content (AvgIpc) is 2.67. The predicted molar refractivity (Wildman–Crippen MR) is 102 cm³/mol. The molecule has 1 aromatic rings. The Hall–Kier alpha value is -2.03. The van der Waals surface area contributed by atoms with Crippen molar-refractivity contribution >= 4 is 24.3 Å². The van der Waals surface area contributed by atoms with Gasteiger partial charge in [-0.25, -0.2) is 0 Å². The maximum absolute atomic E-state index is 12.4. The molecule has 1 amide bonds. The van der Waals surface area contributed by atoms with E-state index in [1.807, 2.05) is 0 Å². The normalized spacial score (nSPS) is 17.2. The largest absolute Gasteiger partial charge is 0.493 e. The monoisotopic (exact) mass is 402 g/mol. The van der Waals surface area contributed by atoms with Gasteiger partial charge in [0.25, 0.3) is 0 Å². The highest BCUT2D eigenvalue weighted by atomic mass is 35.5. The van der Waals surface area contributed by atoms with Crippen molar-refractivity contribution in [3.8, 4) is 11.5 Å². The first-order chi connectivity index (χ1) is 12.6. The van der Waals surface area contributed by atoms with E-state index in [-0.39, 0.29) is 37.2 Å². The number of ether oxygens (including phenoxy) is 4. The molecular weight excluding hydrogens is 376 g/mol. The lowest BCUT2D eigenvalue weighted by molar-refractivity contribution is -0.141. The van der Waals surface area contributed by atoms with Crippen LogP contribution >= 0.6 is 12.4 Å². The molecule has 0 aromatic heterocycles. The van der Waals surface area contributed by atoms with Gasteiger partial charge in [-0.3, -0.25) is 9.59 Å². The third-order valence-electron chi connectivity index (χ3n) is 4.17. The van der Waals surface area contributed by atoms with Gasteiger partial charge in [-0.2, -0.15) is 0 Å². The number of amides is 1. The van der Waals surface area contributed by atoms with Crippen LogP contribution in [-0.4, -0.2) is 59.0 Å². The number of esters is 1. The number of benzene rings is 1. The lowest BCUT2D eigenvalue weighted by Gasteiger charge is -2.25. The number of morpholine rings is 1. The van der Waals surface area contributed by atoms with E-state index in [0.29, 0.717) is 24.7 Å². The molecule has 9 heteroatoms. The van der Waals surface area contributed by atoms with Crippen molar-refractivity contribution in [3.63, 3.8) is 0 Å². The molecule has 1 saturated heterocycles. The molecule has 2 atom stereocenters. The van der Waals surface area contributed by atoms with Crippen LogP contribution in [0.2, 0.25) is 0 Å². The Kier molecular flexibility index (Phi) is 9.92. The Morgan fingerprint density at radius 2 is 2.00 bits per heavy atom. The van der Waals surface area contributed by atoms with E-state index in [2.05, 4.69) is 10.6 Å². The highest BCUT2D eigenvalue weighted by Gasteiger charge is 2.23. The van der Waals surface area contributed by atoms with Gasteiger partial charge < -0.3 is 29.6 Å². The van der Waals surface area contributed by atoms with E-state index in [4.69, 9.17) is 18.9 Å². The third-order valence-corrected chi connectivity index (χ3v) is 4.17. The summed E-state index contributed by atoms with van der Waals surface area (Å²) < 4.78 is 20.7. The number of hydrogen-bond acceptors (Lipinski definition) is 7. The second-order valence-corrected chi connectivity index (χ2v) is 5.94. The third kappa shape index (κ3) is 6.89. The molecule has 0 spiro atoms. The fourth-order valence-corrected chi connectivity index (χ4v) is 2.80. The fraction of sp³-hybridized carbons (Fsp3) is 0.556. The summed E-state index contributed by atoms with van der Waals surface area (Å²) in [6, 6.07) is 4.71. The molecule has 1 aromatic carbocycles. The number of carbonyl (C=O) groups is 2. The minimum atomic E-state index is -0.528. The molecule has 152 valence electrons. The van der Waals surface area contributed by atoms with Crippen LogP contribution in [0.1, 0.15) is 24.4 Å². The van der Waals surface area contributed by atoms with Crippen LogP contribution in [0.4, 0.5) is 0 Å². The first kappa shape index (κ1) is 23.0. The molecule has 1 fully saturated rings. The second kappa shape index (κ2) is 11.6. The van der Waals surface area contributed by atoms with Gasteiger partial charge >= 0.3 is 5.97 Å². The zero-order valence-electron chi connectivity index (χ0n) is 15.8. The van der Waals surface area contributed by atoms with E-state index in [1.54, 1.807) is 25.3 Å². The minimum Gasteiger partial charge on any atom is -0.493 e. The molecule has 1 aliphatic heterocycles. The number of methoxy groups -OCH3 is 3. The summed E-state index contributed by atoms with van der Waals surface area (Å²) in [7, 11) is 4.40. The molecule has 0 bridgehead atoms. The maximum Gasteiger partial charge on any atom is 0.307 e. The summed E-state index contributed by atoms with van der Waals surface area (Å²) in [6.45, 7) is 1.86. The van der Waals surface area contributed by atoms with E-state index >= 15 is 0 Å². The highest BCUT2D eigenvalue weighted by molar-refractivity contribution is 5.85. The Bertz CT molecular complexity index is 622. The molecule has 8 nitrogen and oxygen atoms in total. The quantitative estimate of drug-likeness (QED) is 0.631. The maximum atomic E-state index is 12.4. The Balaban J connectivity index is 0.00000364. The Morgan fingerprint density at radius 1 is 1.26 bits per heavy atom. The summed E-state index contributed by atoms with van der Waals surface area (Å²) >= 11 is 0. The van der Waals surface area contributed by atoms with Gasteiger partial charge in [0.2, 0.25) is 5.91 Å². The molecule has 0 saturated carbocycles. The van der Waals surface area contributed by atoms with Gasteiger partial charge in [0.15, 0.2) is 11.5 Å². The number of halogens is 1. The highest BCUT2D eigenvalue weighted by Crippen LogP contribution is 2.31. The Morgan fingerprint density at radius 3 is 2.59 bits per heavy atom. The van der Waals surface area contributed by atoms with Gasteiger partial charge in [-0.05, 0) is 17.7 Å². The first-order valence-electron chi connectivity index (χ1n) is 8.46. The molecule has 0 aliphatic carbocycles. The smallest absolute Gasteiger partial charge is 0.307 e. The van der Waals surface area contributed by atoms with E-state index in [0.717, 1.165) is 12.1 Å². The van der Waals surface area contributed by atoms with E-state index < -0.39 is 12.0 Å². The van der Waals surface area contributed by atoms with E-state index in [9.17, 15) is 9.59 Å². The lowest BCUT2D eigenvalue weighted by atomic mass is 10.0. The topological polar surface area (TPSA) is 95.1 Å². The SMILES string of the molecule is COC(=O)CC(NC(=O)CC1COCCN1)c1ccc(OC)c(OC)c1.Cl. The average molecular weight is 403 g/mol. The van der Waals surface area contributed by atoms with Crippen molar-refractivity contribution in [1.29, 1.82) is 0 Å². The van der Waals surface area contributed by atoms with Crippen molar-refractivity contribution in [2.75, 3.05) is 41.1 Å². The molecule has 27 heavy (non-hydrogen) atoms. The molecule has 0 radical (unpaired) electrons. The van der Waals surface area contributed by atoms with Crippen LogP contribution in [0.3, 0.4) is 0 Å². The lowest BCUT2D eigenvalue weighted by Crippen LogP contribution is -2.44. The van der Waals surface area contributed by atoms with Gasteiger partial charge in [0, 0.05) is 19.0 Å². The zero-order chi connectivity index (χ0) is 18.9. The van der Waals surface area contributed by atoms with Crippen molar-refractivity contribution in [1.82, 2.24) is 10.6 Å². The van der Waals surface area contributed by atoms with Gasteiger partial charge in [0.05, 0.1) is 47.0 Å². The molecule has 2 rings (SSSR count). The van der Waals surface area contributed by atoms with Crippen LogP contribution in [0.25, 0.3) is 0 Å². The molecule has 2 unspecified atom stereocenters.